The Morgan fingerprint density at radius 3 is 2.55 bits per heavy atom. The molecule has 20 heavy (non-hydrogen) atoms. The normalized spacial score (nSPS) is 12.8. The van der Waals surface area contributed by atoms with Crippen LogP contribution in [-0.2, 0) is 13.0 Å². The molecule has 1 heterocycles. The number of nitrogens with two attached hydrogens (primary N) is 1. The van der Waals surface area contributed by atoms with Crippen molar-refractivity contribution in [2.75, 3.05) is 0 Å². The summed E-state index contributed by atoms with van der Waals surface area (Å²) in [5.74, 6) is 5.71. The van der Waals surface area contributed by atoms with Gasteiger partial charge in [0.1, 0.15) is 0 Å². The number of hydrogen-bond acceptors (Lipinski definition) is 3. The molecule has 0 aromatic carbocycles. The van der Waals surface area contributed by atoms with Gasteiger partial charge in [0.15, 0.2) is 0 Å². The Balaban J connectivity index is 2.51. The van der Waals surface area contributed by atoms with Crippen LogP contribution in [0.25, 0.3) is 0 Å². The van der Waals surface area contributed by atoms with Crippen LogP contribution in [0.1, 0.15) is 63.8 Å². The minimum atomic E-state index is 0.328. The van der Waals surface area contributed by atoms with Crippen LogP contribution in [0.15, 0.2) is 4.47 Å². The predicted molar refractivity (Wildman–Crippen MR) is 88.5 cm³/mol. The molecule has 1 unspecified atom stereocenters. The maximum Gasteiger partial charge on any atom is 0.0738 e. The zero-order chi connectivity index (χ0) is 15.0. The summed E-state index contributed by atoms with van der Waals surface area (Å²) in [4.78, 5) is 0. The summed E-state index contributed by atoms with van der Waals surface area (Å²) >= 11 is 3.65. The van der Waals surface area contributed by atoms with Crippen molar-refractivity contribution in [1.29, 1.82) is 0 Å². The molecule has 0 amide bonds. The average molecular weight is 345 g/mol. The summed E-state index contributed by atoms with van der Waals surface area (Å²) in [6.45, 7) is 7.30. The second-order valence-electron chi connectivity index (χ2n) is 5.43. The van der Waals surface area contributed by atoms with Crippen molar-refractivity contribution in [3.8, 4) is 0 Å². The fourth-order valence-electron chi connectivity index (χ4n) is 2.54. The van der Waals surface area contributed by atoms with Gasteiger partial charge in [-0.05, 0) is 36.2 Å². The number of nitrogens with zero attached hydrogens (tertiary/aromatic N) is 2. The number of unbranched alkanes of at least 4 members (excludes halogenated alkanes) is 4. The quantitative estimate of drug-likeness (QED) is 0.386. The Bertz CT molecular complexity index is 389. The molecule has 4 nitrogen and oxygen atoms in total. The predicted octanol–water partition coefficient (Wildman–Crippen LogP) is 3.71. The first-order valence-electron chi connectivity index (χ1n) is 7.81. The zero-order valence-corrected chi connectivity index (χ0v) is 14.7. The number of aromatic nitrogens is 2. The highest BCUT2D eigenvalue weighted by Crippen LogP contribution is 2.23. The standard InChI is InChI=1S/C15H29BrN4/c1-4-6-7-8-9-10-13(18-17)11-14-15(16)12(3)19-20(14)5-2/h13,18H,4-11,17H2,1-3H3. The van der Waals surface area contributed by atoms with Crippen LogP contribution in [0.4, 0.5) is 0 Å². The van der Waals surface area contributed by atoms with Gasteiger partial charge in [0, 0.05) is 19.0 Å². The van der Waals surface area contributed by atoms with Gasteiger partial charge < -0.3 is 0 Å². The van der Waals surface area contributed by atoms with Crippen molar-refractivity contribution in [1.82, 2.24) is 15.2 Å². The van der Waals surface area contributed by atoms with E-state index in [0.29, 0.717) is 6.04 Å². The molecule has 1 atom stereocenters. The number of aryl methyl sites for hydroxylation is 2. The molecular formula is C15H29BrN4. The molecule has 0 aliphatic heterocycles. The van der Waals surface area contributed by atoms with Crippen LogP contribution >= 0.6 is 15.9 Å². The highest BCUT2D eigenvalue weighted by molar-refractivity contribution is 9.10. The van der Waals surface area contributed by atoms with Gasteiger partial charge in [-0.25, -0.2) is 0 Å². The number of rotatable bonds is 10. The summed E-state index contributed by atoms with van der Waals surface area (Å²) in [5.41, 5.74) is 5.27. The van der Waals surface area contributed by atoms with Gasteiger partial charge in [-0.3, -0.25) is 16.0 Å². The largest absolute Gasteiger partial charge is 0.271 e. The molecule has 0 radical (unpaired) electrons. The fraction of sp³-hybridized carbons (Fsp3) is 0.800. The summed E-state index contributed by atoms with van der Waals surface area (Å²) in [5, 5.41) is 4.54. The summed E-state index contributed by atoms with van der Waals surface area (Å²) in [7, 11) is 0. The Hall–Kier alpha value is -0.390. The van der Waals surface area contributed by atoms with E-state index in [2.05, 4.69) is 45.0 Å². The van der Waals surface area contributed by atoms with Crippen LogP contribution in [0.5, 0.6) is 0 Å². The monoisotopic (exact) mass is 344 g/mol. The fourth-order valence-corrected chi connectivity index (χ4v) is 2.98. The third-order valence-corrected chi connectivity index (χ3v) is 4.82. The second kappa shape index (κ2) is 9.53. The Labute approximate surface area is 131 Å². The lowest BCUT2D eigenvalue weighted by Gasteiger charge is -2.17. The number of hydrogen-bond donors (Lipinski definition) is 2. The molecule has 0 aliphatic carbocycles. The van der Waals surface area contributed by atoms with Crippen LogP contribution < -0.4 is 11.3 Å². The van der Waals surface area contributed by atoms with E-state index in [1.54, 1.807) is 0 Å². The lowest BCUT2D eigenvalue weighted by molar-refractivity contribution is 0.446. The number of halogens is 1. The van der Waals surface area contributed by atoms with E-state index in [1.807, 2.05) is 6.92 Å². The Morgan fingerprint density at radius 2 is 1.95 bits per heavy atom. The van der Waals surface area contributed by atoms with Gasteiger partial charge in [0.05, 0.1) is 15.9 Å². The molecule has 0 fully saturated rings. The summed E-state index contributed by atoms with van der Waals surface area (Å²) < 4.78 is 3.20. The van der Waals surface area contributed by atoms with Crippen LogP contribution in [0.3, 0.4) is 0 Å². The van der Waals surface area contributed by atoms with E-state index < -0.39 is 0 Å². The first kappa shape index (κ1) is 17.7. The minimum absolute atomic E-state index is 0.328. The van der Waals surface area contributed by atoms with Crippen molar-refractivity contribution in [2.24, 2.45) is 5.84 Å². The highest BCUT2D eigenvalue weighted by Gasteiger charge is 2.16. The maximum absolute atomic E-state index is 5.71. The first-order chi connectivity index (χ1) is 9.63. The van der Waals surface area contributed by atoms with Crippen molar-refractivity contribution in [2.45, 2.75) is 78.3 Å². The molecule has 0 spiro atoms. The molecule has 0 saturated carbocycles. The highest BCUT2D eigenvalue weighted by atomic mass is 79.9. The molecule has 0 aliphatic rings. The average Bonchev–Trinajstić information content (AvgIpc) is 2.73. The Morgan fingerprint density at radius 1 is 1.25 bits per heavy atom. The van der Waals surface area contributed by atoms with Gasteiger partial charge in [-0.2, -0.15) is 5.10 Å². The summed E-state index contributed by atoms with van der Waals surface area (Å²) in [6.07, 6.45) is 8.57. The smallest absolute Gasteiger partial charge is 0.0738 e. The minimum Gasteiger partial charge on any atom is -0.271 e. The van der Waals surface area contributed by atoms with E-state index in [1.165, 1.54) is 37.8 Å². The van der Waals surface area contributed by atoms with Crippen LogP contribution in [0.2, 0.25) is 0 Å². The molecule has 1 aromatic heterocycles. The van der Waals surface area contributed by atoms with Gasteiger partial charge in [-0.1, -0.05) is 39.0 Å². The zero-order valence-electron chi connectivity index (χ0n) is 13.1. The van der Waals surface area contributed by atoms with Gasteiger partial charge in [0.25, 0.3) is 0 Å². The molecule has 1 aromatic rings. The number of nitrogens with one attached hydrogen (secondary N) is 1. The van der Waals surface area contributed by atoms with E-state index in [-0.39, 0.29) is 0 Å². The lowest BCUT2D eigenvalue weighted by Crippen LogP contribution is -2.37. The van der Waals surface area contributed by atoms with Crippen molar-refractivity contribution < 1.29 is 0 Å². The lowest BCUT2D eigenvalue weighted by atomic mass is 10.0. The second-order valence-corrected chi connectivity index (χ2v) is 6.23. The third-order valence-electron chi connectivity index (χ3n) is 3.78. The van der Waals surface area contributed by atoms with Crippen molar-refractivity contribution in [3.63, 3.8) is 0 Å². The van der Waals surface area contributed by atoms with Crippen LogP contribution in [-0.4, -0.2) is 15.8 Å². The van der Waals surface area contributed by atoms with Gasteiger partial charge >= 0.3 is 0 Å². The van der Waals surface area contributed by atoms with Crippen molar-refractivity contribution >= 4 is 15.9 Å². The maximum atomic E-state index is 5.71. The third kappa shape index (κ3) is 5.19. The van der Waals surface area contributed by atoms with Gasteiger partial charge in [-0.15, -0.1) is 0 Å². The van der Waals surface area contributed by atoms with E-state index in [4.69, 9.17) is 5.84 Å². The molecule has 0 saturated heterocycles. The molecule has 116 valence electrons. The van der Waals surface area contributed by atoms with E-state index in [9.17, 15) is 0 Å². The molecule has 1 rings (SSSR count). The number of hydrazine groups is 1. The van der Waals surface area contributed by atoms with Crippen LogP contribution in [0, 0.1) is 6.92 Å². The molecule has 3 N–H and O–H groups in total. The molecular weight excluding hydrogens is 316 g/mol. The SMILES string of the molecule is CCCCCCCC(Cc1c(Br)c(C)nn1CC)NN. The first-order valence-corrected chi connectivity index (χ1v) is 8.61. The summed E-state index contributed by atoms with van der Waals surface area (Å²) in [6, 6.07) is 0.328. The van der Waals surface area contributed by atoms with Gasteiger partial charge in [0.2, 0.25) is 0 Å². The van der Waals surface area contributed by atoms with E-state index >= 15 is 0 Å². The van der Waals surface area contributed by atoms with E-state index in [0.717, 1.165) is 29.6 Å². The molecule has 5 heteroatoms. The van der Waals surface area contributed by atoms with Crippen molar-refractivity contribution in [3.05, 3.63) is 15.9 Å². The topological polar surface area (TPSA) is 55.9 Å². The Kier molecular flexibility index (Phi) is 8.41. The molecule has 0 bridgehead atoms.